The highest BCUT2D eigenvalue weighted by atomic mass is 19.2. The van der Waals surface area contributed by atoms with Crippen molar-refractivity contribution in [3.63, 3.8) is 0 Å². The molecule has 0 bridgehead atoms. The summed E-state index contributed by atoms with van der Waals surface area (Å²) in [4.78, 5) is 32.3. The molecule has 0 fully saturated rings. The lowest BCUT2D eigenvalue weighted by molar-refractivity contribution is 0.0501. The van der Waals surface area contributed by atoms with Crippen molar-refractivity contribution in [2.45, 2.75) is 58.1 Å². The number of Topliss-reactive ketones (excluding diaryl/α,β-unsaturated/α-hetero) is 1. The standard InChI is InChI=1S/C26H27F2N3O3/c1-26(2,3)34-25(33)31-18-9-7-15(8-10-18)17-11-19-20(14-30-24(19)29-13-17)22(32)12-16-5-4-6-21(27)23(16)28/h4-7,11,13-14,18H,8-10,12H2,1-3H3,(H,29,30)(H,31,33). The number of allylic oxidation sites excluding steroid dienone is 1. The SMILES string of the molecule is CC(C)(C)OC(=O)NC1CC=C(c2cnc3[nH]cc(C(=O)Cc4cccc(F)c4F)c3c2)CC1. The molecule has 1 amide bonds. The smallest absolute Gasteiger partial charge is 0.407 e. The summed E-state index contributed by atoms with van der Waals surface area (Å²) in [5, 5.41) is 3.53. The number of halogens is 2. The van der Waals surface area contributed by atoms with Crippen LogP contribution in [0.2, 0.25) is 0 Å². The molecule has 6 nitrogen and oxygen atoms in total. The lowest BCUT2D eigenvalue weighted by atomic mass is 9.91. The first kappa shape index (κ1) is 23.6. The van der Waals surface area contributed by atoms with Crippen LogP contribution in [0, 0.1) is 11.6 Å². The summed E-state index contributed by atoms with van der Waals surface area (Å²) in [7, 11) is 0. The molecule has 8 heteroatoms. The number of carbonyl (C=O) groups excluding carboxylic acids is 2. The number of nitrogens with zero attached hydrogens (tertiary/aromatic N) is 1. The number of amides is 1. The van der Waals surface area contributed by atoms with Crippen LogP contribution in [-0.2, 0) is 11.2 Å². The van der Waals surface area contributed by atoms with Crippen LogP contribution in [0.25, 0.3) is 16.6 Å². The highest BCUT2D eigenvalue weighted by Crippen LogP contribution is 2.30. The van der Waals surface area contributed by atoms with Crippen molar-refractivity contribution in [2.75, 3.05) is 0 Å². The quantitative estimate of drug-likeness (QED) is 0.470. The number of fused-ring (bicyclic) bond motifs is 1. The number of hydrogen-bond acceptors (Lipinski definition) is 4. The summed E-state index contributed by atoms with van der Waals surface area (Å²) < 4.78 is 32.9. The first-order valence-electron chi connectivity index (χ1n) is 11.2. The van der Waals surface area contributed by atoms with Crippen LogP contribution in [0.4, 0.5) is 13.6 Å². The molecule has 0 aliphatic heterocycles. The Hall–Kier alpha value is -3.55. The Balaban J connectivity index is 1.49. The van der Waals surface area contributed by atoms with Gasteiger partial charge < -0.3 is 15.0 Å². The molecule has 2 N–H and O–H groups in total. The number of benzene rings is 1. The monoisotopic (exact) mass is 467 g/mol. The lowest BCUT2D eigenvalue weighted by Crippen LogP contribution is -2.39. The summed E-state index contributed by atoms with van der Waals surface area (Å²) in [6.07, 6.45) is 6.82. The van der Waals surface area contributed by atoms with Gasteiger partial charge in [0.1, 0.15) is 11.2 Å². The number of hydrogen-bond donors (Lipinski definition) is 2. The Bertz CT molecular complexity index is 1270. The second-order valence-corrected chi connectivity index (χ2v) is 9.48. The molecule has 178 valence electrons. The zero-order valence-electron chi connectivity index (χ0n) is 19.4. The molecular formula is C26H27F2N3O3. The number of H-pyrrole nitrogens is 1. The van der Waals surface area contributed by atoms with Gasteiger partial charge in [-0.2, -0.15) is 0 Å². The van der Waals surface area contributed by atoms with E-state index in [0.29, 0.717) is 23.0 Å². The fourth-order valence-corrected chi connectivity index (χ4v) is 4.06. The second kappa shape index (κ2) is 9.37. The van der Waals surface area contributed by atoms with E-state index in [0.717, 1.165) is 30.0 Å². The van der Waals surface area contributed by atoms with E-state index in [4.69, 9.17) is 4.74 Å². The first-order chi connectivity index (χ1) is 16.1. The molecular weight excluding hydrogens is 440 g/mol. The number of rotatable bonds is 5. The van der Waals surface area contributed by atoms with Crippen molar-refractivity contribution < 1.29 is 23.1 Å². The maximum atomic E-state index is 14.0. The highest BCUT2D eigenvalue weighted by Gasteiger charge is 2.22. The van der Waals surface area contributed by atoms with Crippen molar-refractivity contribution in [1.29, 1.82) is 0 Å². The summed E-state index contributed by atoms with van der Waals surface area (Å²) in [6, 6.07) is 5.69. The van der Waals surface area contributed by atoms with Crippen LogP contribution >= 0.6 is 0 Å². The number of alkyl carbamates (subject to hydrolysis) is 1. The van der Waals surface area contributed by atoms with Crippen molar-refractivity contribution in [1.82, 2.24) is 15.3 Å². The molecule has 0 radical (unpaired) electrons. The third kappa shape index (κ3) is 5.32. The third-order valence-electron chi connectivity index (χ3n) is 5.72. The first-order valence-corrected chi connectivity index (χ1v) is 11.2. The molecule has 4 rings (SSSR count). The van der Waals surface area contributed by atoms with E-state index >= 15 is 0 Å². The van der Waals surface area contributed by atoms with Gasteiger partial charge in [0, 0.05) is 35.8 Å². The van der Waals surface area contributed by atoms with Gasteiger partial charge in [0.05, 0.1) is 0 Å². The number of aromatic amines is 1. The predicted octanol–water partition coefficient (Wildman–Crippen LogP) is 5.73. The largest absolute Gasteiger partial charge is 0.444 e. The van der Waals surface area contributed by atoms with Crippen molar-refractivity contribution in [3.8, 4) is 0 Å². The van der Waals surface area contributed by atoms with Gasteiger partial charge in [0.2, 0.25) is 0 Å². The van der Waals surface area contributed by atoms with Gasteiger partial charge in [-0.3, -0.25) is 4.79 Å². The molecule has 1 aromatic carbocycles. The van der Waals surface area contributed by atoms with Crippen LogP contribution < -0.4 is 5.32 Å². The summed E-state index contributed by atoms with van der Waals surface area (Å²) >= 11 is 0. The predicted molar refractivity (Wildman–Crippen MR) is 125 cm³/mol. The van der Waals surface area contributed by atoms with Crippen LogP contribution in [-0.4, -0.2) is 33.5 Å². The van der Waals surface area contributed by atoms with E-state index in [-0.39, 0.29) is 23.8 Å². The average Bonchev–Trinajstić information content (AvgIpc) is 3.19. The Morgan fingerprint density at radius 1 is 1.26 bits per heavy atom. The molecule has 0 saturated carbocycles. The Morgan fingerprint density at radius 3 is 2.76 bits per heavy atom. The van der Waals surface area contributed by atoms with Gasteiger partial charge in [-0.1, -0.05) is 18.2 Å². The van der Waals surface area contributed by atoms with E-state index in [9.17, 15) is 18.4 Å². The Labute approximate surface area is 196 Å². The van der Waals surface area contributed by atoms with E-state index in [1.807, 2.05) is 26.8 Å². The summed E-state index contributed by atoms with van der Waals surface area (Å²) in [5.74, 6) is -2.30. The molecule has 2 heterocycles. The fraction of sp³-hybridized carbons (Fsp3) is 0.346. The van der Waals surface area contributed by atoms with Crippen molar-refractivity contribution >= 4 is 28.5 Å². The summed E-state index contributed by atoms with van der Waals surface area (Å²) in [5.41, 5.74) is 2.36. The second-order valence-electron chi connectivity index (χ2n) is 9.48. The molecule has 3 aromatic rings. The van der Waals surface area contributed by atoms with E-state index in [1.165, 1.54) is 12.1 Å². The highest BCUT2D eigenvalue weighted by molar-refractivity contribution is 6.08. The van der Waals surface area contributed by atoms with Gasteiger partial charge in [-0.25, -0.2) is 18.6 Å². The number of aromatic nitrogens is 2. The van der Waals surface area contributed by atoms with E-state index in [2.05, 4.69) is 21.4 Å². The minimum absolute atomic E-state index is 0.0131. The van der Waals surface area contributed by atoms with Crippen LogP contribution in [0.15, 0.2) is 42.7 Å². The molecule has 1 aliphatic rings. The number of nitrogens with one attached hydrogen (secondary N) is 2. The van der Waals surface area contributed by atoms with E-state index in [1.54, 1.807) is 12.4 Å². The van der Waals surface area contributed by atoms with Crippen molar-refractivity contribution in [3.05, 3.63) is 71.1 Å². The minimum Gasteiger partial charge on any atom is -0.444 e. The third-order valence-corrected chi connectivity index (χ3v) is 5.72. The van der Waals surface area contributed by atoms with Gasteiger partial charge in [-0.15, -0.1) is 0 Å². The molecule has 1 atom stereocenters. The maximum absolute atomic E-state index is 14.0. The zero-order chi connectivity index (χ0) is 24.5. The molecule has 1 aliphatic carbocycles. The van der Waals surface area contributed by atoms with Crippen LogP contribution in [0.3, 0.4) is 0 Å². The van der Waals surface area contributed by atoms with Crippen LogP contribution in [0.5, 0.6) is 0 Å². The van der Waals surface area contributed by atoms with Crippen LogP contribution in [0.1, 0.15) is 61.5 Å². The topological polar surface area (TPSA) is 84.1 Å². The number of ether oxygens (including phenoxy) is 1. The molecule has 0 saturated heterocycles. The van der Waals surface area contributed by atoms with Gasteiger partial charge in [0.25, 0.3) is 0 Å². The molecule has 34 heavy (non-hydrogen) atoms. The molecule has 2 aromatic heterocycles. The number of ketones is 1. The van der Waals surface area contributed by atoms with E-state index < -0.39 is 23.3 Å². The van der Waals surface area contributed by atoms with Gasteiger partial charge in [-0.05, 0) is 68.9 Å². The van der Waals surface area contributed by atoms with Gasteiger partial charge in [0.15, 0.2) is 17.4 Å². The van der Waals surface area contributed by atoms with Crippen molar-refractivity contribution in [2.24, 2.45) is 0 Å². The Morgan fingerprint density at radius 2 is 2.06 bits per heavy atom. The normalized spacial score (nSPS) is 16.3. The van der Waals surface area contributed by atoms with Gasteiger partial charge >= 0.3 is 6.09 Å². The fourth-order valence-electron chi connectivity index (χ4n) is 4.06. The maximum Gasteiger partial charge on any atom is 0.407 e. The molecule has 0 spiro atoms. The molecule has 1 unspecified atom stereocenters. The lowest BCUT2D eigenvalue weighted by Gasteiger charge is -2.26. The Kier molecular flexibility index (Phi) is 6.50. The number of carbonyl (C=O) groups is 2. The zero-order valence-corrected chi connectivity index (χ0v) is 19.4. The number of pyridine rings is 1. The minimum atomic E-state index is -1.00. The summed E-state index contributed by atoms with van der Waals surface area (Å²) in [6.45, 7) is 5.47. The average molecular weight is 468 g/mol.